The number of ketones is 1. The molecule has 7 nitrogen and oxygen atoms in total. The molecule has 3 N–H and O–H groups in total. The number of alkyl halides is 3. The Hall–Kier alpha value is -3.11. The van der Waals surface area contributed by atoms with Crippen molar-refractivity contribution in [3.05, 3.63) is 62.6 Å². The van der Waals surface area contributed by atoms with Crippen LogP contribution in [0.4, 0.5) is 18.9 Å². The molecule has 0 saturated carbocycles. The Morgan fingerprint density at radius 2 is 1.88 bits per heavy atom. The molecule has 0 amide bonds. The van der Waals surface area contributed by atoms with Crippen LogP contribution in [0.25, 0.3) is 10.8 Å². The average Bonchev–Trinajstić information content (AvgIpc) is 2.74. The lowest BCUT2D eigenvalue weighted by atomic mass is 9.72. The lowest BCUT2D eigenvalue weighted by Gasteiger charge is -2.37. The minimum Gasteiger partial charge on any atom is -0.495 e. The third-order valence-corrected chi connectivity index (χ3v) is 6.18. The number of carbonyl (C=O) groups is 1. The maximum absolute atomic E-state index is 14.3. The van der Waals surface area contributed by atoms with Crippen LogP contribution < -0.4 is 16.1 Å². The molecular formula is C23H22ClF3N2O5. The van der Waals surface area contributed by atoms with Gasteiger partial charge in [-0.15, -0.1) is 0 Å². The molecule has 0 spiro atoms. The van der Waals surface area contributed by atoms with E-state index >= 15 is 0 Å². The lowest BCUT2D eigenvalue weighted by Crippen LogP contribution is -2.55. The third kappa shape index (κ3) is 4.12. The van der Waals surface area contributed by atoms with Gasteiger partial charge in [0.1, 0.15) is 5.75 Å². The van der Waals surface area contributed by atoms with Gasteiger partial charge in [-0.1, -0.05) is 42.7 Å². The van der Waals surface area contributed by atoms with Gasteiger partial charge in [-0.25, -0.2) is 4.79 Å². The number of carbonyl (C=O) groups excluding carboxylic acids is 1. The number of halogens is 4. The van der Waals surface area contributed by atoms with Gasteiger partial charge in [-0.2, -0.15) is 13.2 Å². The fourth-order valence-corrected chi connectivity index (χ4v) is 4.50. The Labute approximate surface area is 197 Å². The maximum Gasteiger partial charge on any atom is 0.424 e. The first-order valence-corrected chi connectivity index (χ1v) is 10.4. The molecule has 0 saturated heterocycles. The van der Waals surface area contributed by atoms with Gasteiger partial charge in [0.15, 0.2) is 0 Å². The van der Waals surface area contributed by atoms with Gasteiger partial charge in [0, 0.05) is 17.4 Å². The van der Waals surface area contributed by atoms with Gasteiger partial charge >= 0.3 is 11.8 Å². The number of nitrogens with two attached hydrogens (primary N) is 1. The number of anilines is 1. The summed E-state index contributed by atoms with van der Waals surface area (Å²) in [5.74, 6) is -1.44. The van der Waals surface area contributed by atoms with Gasteiger partial charge in [0.05, 0.1) is 28.9 Å². The van der Waals surface area contributed by atoms with Crippen LogP contribution in [0.2, 0.25) is 5.02 Å². The molecule has 0 bridgehead atoms. The van der Waals surface area contributed by atoms with E-state index in [-0.39, 0.29) is 32.8 Å². The molecule has 1 aromatic heterocycles. The molecule has 182 valence electrons. The van der Waals surface area contributed by atoms with E-state index in [0.717, 1.165) is 12.1 Å². The molecular weight excluding hydrogens is 477 g/mol. The summed E-state index contributed by atoms with van der Waals surface area (Å²) in [6.45, 7) is 4.25. The number of ether oxygens (including phenoxy) is 1. The summed E-state index contributed by atoms with van der Waals surface area (Å²) in [6.07, 6.45) is -6.43. The summed E-state index contributed by atoms with van der Waals surface area (Å²) in [5.41, 5.74) is -0.799. The number of nitrogen functional groups attached to an aromatic ring is 1. The summed E-state index contributed by atoms with van der Waals surface area (Å²) in [7, 11) is 1.35. The van der Waals surface area contributed by atoms with Crippen LogP contribution in [0.1, 0.15) is 41.9 Å². The van der Waals surface area contributed by atoms with Crippen molar-refractivity contribution >= 4 is 33.8 Å². The van der Waals surface area contributed by atoms with Crippen LogP contribution in [0.5, 0.6) is 5.75 Å². The molecule has 34 heavy (non-hydrogen) atoms. The zero-order chi connectivity index (χ0) is 25.6. The van der Waals surface area contributed by atoms with Crippen molar-refractivity contribution in [1.29, 1.82) is 0 Å². The first-order valence-electron chi connectivity index (χ1n) is 10.0. The van der Waals surface area contributed by atoms with Crippen LogP contribution in [-0.4, -0.2) is 34.9 Å². The lowest BCUT2D eigenvalue weighted by molar-refractivity contribution is -0.242. The molecule has 0 aliphatic rings. The summed E-state index contributed by atoms with van der Waals surface area (Å²) >= 11 is 6.32. The van der Waals surface area contributed by atoms with Crippen LogP contribution in [-0.2, 0) is 5.41 Å². The molecule has 3 rings (SSSR count). The first-order chi connectivity index (χ1) is 15.7. The Morgan fingerprint density at radius 1 is 1.24 bits per heavy atom. The van der Waals surface area contributed by atoms with E-state index in [2.05, 4.69) is 9.68 Å². The monoisotopic (exact) mass is 498 g/mol. The predicted octanol–water partition coefficient (Wildman–Crippen LogP) is 4.58. The number of nitrogens with zero attached hydrogens (tertiary/aromatic N) is 1. The topological polar surface area (TPSA) is 116 Å². The Bertz CT molecular complexity index is 1340. The van der Waals surface area contributed by atoms with Crippen LogP contribution in [0.3, 0.4) is 0 Å². The number of aromatic nitrogens is 1. The standard InChI is InChI=1S/C23H22ClF3N2O5/c1-11-16-12(20(31)34-29-11)8-9-13(18(16)28)19(30)22(32,23(25,26)27)10-21(2,3)14-6-5-7-15(33-4)17(14)24/h5-9,32H,10,28H2,1-4H3. The second-order valence-electron chi connectivity index (χ2n) is 8.57. The number of aliphatic hydroxyl groups is 1. The molecule has 0 fully saturated rings. The van der Waals surface area contributed by atoms with E-state index in [4.69, 9.17) is 22.1 Å². The number of fused-ring (bicyclic) bond motifs is 1. The largest absolute Gasteiger partial charge is 0.495 e. The third-order valence-electron chi connectivity index (χ3n) is 5.79. The fraction of sp³-hybridized carbons (Fsp3) is 0.348. The van der Waals surface area contributed by atoms with Crippen molar-refractivity contribution in [2.75, 3.05) is 12.8 Å². The highest BCUT2D eigenvalue weighted by molar-refractivity contribution is 6.33. The first kappa shape index (κ1) is 25.5. The predicted molar refractivity (Wildman–Crippen MR) is 120 cm³/mol. The van der Waals surface area contributed by atoms with Crippen molar-refractivity contribution in [2.45, 2.75) is 44.4 Å². The Balaban J connectivity index is 2.18. The van der Waals surface area contributed by atoms with Gasteiger partial charge in [-0.3, -0.25) is 4.79 Å². The number of hydrogen-bond donors (Lipinski definition) is 2. The highest BCUT2D eigenvalue weighted by Crippen LogP contribution is 2.46. The van der Waals surface area contributed by atoms with E-state index < -0.39 is 46.3 Å². The fourth-order valence-electron chi connectivity index (χ4n) is 4.04. The van der Waals surface area contributed by atoms with E-state index in [1.807, 2.05) is 0 Å². The van der Waals surface area contributed by atoms with Gasteiger partial charge in [0.25, 0.3) is 0 Å². The minimum absolute atomic E-state index is 0.0262. The smallest absolute Gasteiger partial charge is 0.424 e. The van der Waals surface area contributed by atoms with E-state index in [9.17, 15) is 27.9 Å². The van der Waals surface area contributed by atoms with Crippen molar-refractivity contribution in [3.63, 3.8) is 0 Å². The van der Waals surface area contributed by atoms with Crippen molar-refractivity contribution in [1.82, 2.24) is 5.16 Å². The summed E-state index contributed by atoms with van der Waals surface area (Å²) in [6, 6.07) is 6.63. The Kier molecular flexibility index (Phi) is 6.45. The number of Topliss-reactive ketones (excluding diaryl/α,β-unsaturated/α-hetero) is 1. The zero-order valence-corrected chi connectivity index (χ0v) is 19.5. The highest BCUT2D eigenvalue weighted by Gasteiger charge is 2.61. The summed E-state index contributed by atoms with van der Waals surface area (Å²) in [4.78, 5) is 25.2. The Morgan fingerprint density at radius 3 is 2.47 bits per heavy atom. The second kappa shape index (κ2) is 8.59. The quantitative estimate of drug-likeness (QED) is 0.377. The number of methoxy groups -OCH3 is 1. The number of rotatable bonds is 6. The van der Waals surface area contributed by atoms with Crippen molar-refractivity contribution in [2.24, 2.45) is 0 Å². The van der Waals surface area contributed by atoms with Crippen molar-refractivity contribution < 1.29 is 32.3 Å². The number of aryl methyl sites for hydroxylation is 1. The zero-order valence-electron chi connectivity index (χ0n) is 18.7. The molecule has 1 unspecified atom stereocenters. The van der Waals surface area contributed by atoms with Crippen LogP contribution in [0.15, 0.2) is 39.6 Å². The molecule has 0 aliphatic carbocycles. The molecule has 0 aliphatic heterocycles. The maximum atomic E-state index is 14.3. The van der Waals surface area contributed by atoms with E-state index in [1.54, 1.807) is 6.07 Å². The molecule has 3 aromatic rings. The number of benzene rings is 2. The van der Waals surface area contributed by atoms with Crippen LogP contribution in [0, 0.1) is 6.92 Å². The van der Waals surface area contributed by atoms with E-state index in [0.29, 0.717) is 0 Å². The minimum atomic E-state index is -5.36. The average molecular weight is 499 g/mol. The molecule has 2 aromatic carbocycles. The SMILES string of the molecule is COc1cccc(C(C)(C)CC(O)(C(=O)c2ccc3c(=O)onc(C)c3c2N)C(F)(F)F)c1Cl. The van der Waals surface area contributed by atoms with E-state index in [1.165, 1.54) is 40.0 Å². The molecule has 1 atom stereocenters. The molecule has 1 heterocycles. The molecule has 0 radical (unpaired) electrons. The summed E-state index contributed by atoms with van der Waals surface area (Å²) in [5, 5.41) is 14.4. The molecule has 11 heteroatoms. The second-order valence-corrected chi connectivity index (χ2v) is 8.95. The van der Waals surface area contributed by atoms with Gasteiger partial charge < -0.3 is 20.1 Å². The van der Waals surface area contributed by atoms with Gasteiger partial charge in [-0.05, 0) is 36.1 Å². The van der Waals surface area contributed by atoms with Crippen molar-refractivity contribution in [3.8, 4) is 5.75 Å². The highest BCUT2D eigenvalue weighted by atomic mass is 35.5. The number of hydrogen-bond acceptors (Lipinski definition) is 7. The summed E-state index contributed by atoms with van der Waals surface area (Å²) < 4.78 is 52.6. The van der Waals surface area contributed by atoms with Gasteiger partial charge in [0.2, 0.25) is 11.4 Å². The van der Waals surface area contributed by atoms with Crippen LogP contribution >= 0.6 is 11.6 Å². The normalized spacial score (nSPS) is 14.1.